The maximum atomic E-state index is 5.72. The Morgan fingerprint density at radius 3 is 2.78 bits per heavy atom. The molecule has 0 saturated carbocycles. The summed E-state index contributed by atoms with van der Waals surface area (Å²) in [5.41, 5.74) is 7.60. The van der Waals surface area contributed by atoms with Crippen molar-refractivity contribution in [2.45, 2.75) is 6.61 Å². The number of methoxy groups -OCH3 is 1. The summed E-state index contributed by atoms with van der Waals surface area (Å²) >= 11 is 5.60. The fourth-order valence-electron chi connectivity index (χ4n) is 1.27. The molecule has 1 aromatic carbocycles. The molecule has 4 nitrogen and oxygen atoms in total. The molecule has 0 amide bonds. The van der Waals surface area contributed by atoms with E-state index in [4.69, 9.17) is 22.1 Å². The molecule has 0 aliphatic heterocycles. The van der Waals surface area contributed by atoms with Gasteiger partial charge in [0.05, 0.1) is 13.2 Å². The monoisotopic (exact) mass is 381 g/mol. The Labute approximate surface area is 129 Å². The minimum atomic E-state index is 0. The second-order valence-corrected chi connectivity index (χ2v) is 3.97. The van der Waals surface area contributed by atoms with Crippen molar-refractivity contribution in [2.24, 2.45) is 10.7 Å². The largest absolute Gasteiger partial charge is 0.380 e. The van der Waals surface area contributed by atoms with Crippen LogP contribution in [-0.2, 0) is 11.3 Å². The topological polar surface area (TPSA) is 59.6 Å². The van der Waals surface area contributed by atoms with Crippen LogP contribution in [-0.4, -0.2) is 19.6 Å². The first-order chi connectivity index (χ1) is 8.13. The molecule has 1 aromatic rings. The third-order valence-corrected chi connectivity index (χ3v) is 2.12. The molecule has 3 N–H and O–H groups in total. The van der Waals surface area contributed by atoms with Crippen LogP contribution in [0.2, 0.25) is 0 Å². The van der Waals surface area contributed by atoms with Crippen molar-refractivity contribution in [2.75, 3.05) is 19.0 Å². The van der Waals surface area contributed by atoms with Gasteiger partial charge in [-0.05, 0) is 6.07 Å². The number of hydrogen-bond donors (Lipinski definition) is 2. The Morgan fingerprint density at radius 2 is 2.17 bits per heavy atom. The van der Waals surface area contributed by atoms with Gasteiger partial charge in [0.2, 0.25) is 0 Å². The van der Waals surface area contributed by atoms with Gasteiger partial charge in [0.15, 0.2) is 5.96 Å². The van der Waals surface area contributed by atoms with Crippen LogP contribution in [0.25, 0.3) is 0 Å². The summed E-state index contributed by atoms with van der Waals surface area (Å²) in [6.45, 7) is 4.35. The van der Waals surface area contributed by atoms with Gasteiger partial charge in [-0.25, -0.2) is 4.99 Å². The zero-order valence-electron chi connectivity index (χ0n) is 10.1. The molecule has 18 heavy (non-hydrogen) atoms. The SMILES string of the molecule is C=C(Cl)CN=C(N)Nc1ccccc1COC.I. The highest BCUT2D eigenvalue weighted by atomic mass is 127. The van der Waals surface area contributed by atoms with Gasteiger partial charge in [-0.1, -0.05) is 36.4 Å². The van der Waals surface area contributed by atoms with Gasteiger partial charge >= 0.3 is 0 Å². The fourth-order valence-corrected chi connectivity index (χ4v) is 1.33. The highest BCUT2D eigenvalue weighted by molar-refractivity contribution is 14.0. The van der Waals surface area contributed by atoms with Gasteiger partial charge in [-0.2, -0.15) is 0 Å². The second kappa shape index (κ2) is 9.18. The van der Waals surface area contributed by atoms with Crippen LogP contribution in [0, 0.1) is 0 Å². The van der Waals surface area contributed by atoms with Crippen molar-refractivity contribution in [1.29, 1.82) is 0 Å². The fraction of sp³-hybridized carbons (Fsp3) is 0.250. The maximum absolute atomic E-state index is 5.72. The van der Waals surface area contributed by atoms with Crippen molar-refractivity contribution >= 4 is 47.2 Å². The Hall–Kier alpha value is -0.790. The number of rotatable bonds is 5. The predicted molar refractivity (Wildman–Crippen MR) is 87.7 cm³/mol. The first kappa shape index (κ1) is 17.2. The maximum Gasteiger partial charge on any atom is 0.193 e. The van der Waals surface area contributed by atoms with Crippen molar-refractivity contribution in [3.63, 3.8) is 0 Å². The molecule has 0 aliphatic carbocycles. The number of nitrogens with two attached hydrogens (primary N) is 1. The van der Waals surface area contributed by atoms with Crippen molar-refractivity contribution in [1.82, 2.24) is 0 Å². The number of ether oxygens (including phenoxy) is 1. The van der Waals surface area contributed by atoms with E-state index in [1.807, 2.05) is 24.3 Å². The van der Waals surface area contributed by atoms with Gasteiger partial charge in [0, 0.05) is 23.4 Å². The lowest BCUT2D eigenvalue weighted by molar-refractivity contribution is 0.185. The highest BCUT2D eigenvalue weighted by Gasteiger charge is 2.02. The van der Waals surface area contributed by atoms with E-state index in [1.165, 1.54) is 0 Å². The van der Waals surface area contributed by atoms with Crippen LogP contribution in [0.1, 0.15) is 5.56 Å². The normalized spacial score (nSPS) is 10.7. The molecule has 0 aliphatic rings. The zero-order chi connectivity index (χ0) is 12.7. The van der Waals surface area contributed by atoms with Crippen molar-refractivity contribution in [3.05, 3.63) is 41.4 Å². The van der Waals surface area contributed by atoms with Gasteiger partial charge in [-0.15, -0.1) is 24.0 Å². The molecule has 0 bridgehead atoms. The van der Waals surface area contributed by atoms with Crippen LogP contribution in [0.5, 0.6) is 0 Å². The summed E-state index contributed by atoms with van der Waals surface area (Å²) in [7, 11) is 1.64. The first-order valence-electron chi connectivity index (χ1n) is 5.10. The van der Waals surface area contributed by atoms with Crippen LogP contribution in [0.3, 0.4) is 0 Å². The molecule has 0 aromatic heterocycles. The summed E-state index contributed by atoms with van der Waals surface area (Å²) in [5, 5.41) is 3.44. The molecule has 0 radical (unpaired) electrons. The lowest BCUT2D eigenvalue weighted by atomic mass is 10.2. The summed E-state index contributed by atoms with van der Waals surface area (Å²) in [4.78, 5) is 4.03. The lowest BCUT2D eigenvalue weighted by Gasteiger charge is -2.10. The van der Waals surface area contributed by atoms with E-state index in [0.717, 1.165) is 11.3 Å². The van der Waals surface area contributed by atoms with E-state index in [-0.39, 0.29) is 24.0 Å². The van der Waals surface area contributed by atoms with Crippen molar-refractivity contribution in [3.8, 4) is 0 Å². The Kier molecular flexibility index (Phi) is 8.78. The smallest absolute Gasteiger partial charge is 0.193 e. The average molecular weight is 382 g/mol. The molecule has 0 unspecified atom stereocenters. The summed E-state index contributed by atoms with van der Waals surface area (Å²) < 4.78 is 5.09. The number of aliphatic imine (C=N–C) groups is 1. The van der Waals surface area contributed by atoms with E-state index >= 15 is 0 Å². The molecule has 100 valence electrons. The standard InChI is InChI=1S/C12H16ClN3O.HI/c1-9(13)7-15-12(14)16-11-6-4-3-5-10(11)8-17-2;/h3-6H,1,7-8H2,2H3,(H3,14,15,16);1H. The Balaban J connectivity index is 0.00000289. The number of para-hydroxylation sites is 1. The number of benzene rings is 1. The number of hydrogen-bond acceptors (Lipinski definition) is 2. The minimum Gasteiger partial charge on any atom is -0.380 e. The van der Waals surface area contributed by atoms with Gasteiger partial charge in [0.25, 0.3) is 0 Å². The zero-order valence-corrected chi connectivity index (χ0v) is 13.2. The number of nitrogens with one attached hydrogen (secondary N) is 1. The van der Waals surface area contributed by atoms with E-state index in [0.29, 0.717) is 24.1 Å². The quantitative estimate of drug-likeness (QED) is 0.468. The third-order valence-electron chi connectivity index (χ3n) is 2.00. The average Bonchev–Trinajstić information content (AvgIpc) is 2.29. The lowest BCUT2D eigenvalue weighted by Crippen LogP contribution is -2.23. The van der Waals surface area contributed by atoms with Crippen LogP contribution in [0.15, 0.2) is 40.9 Å². The number of anilines is 1. The molecule has 1 rings (SSSR count). The van der Waals surface area contributed by atoms with E-state index in [2.05, 4.69) is 16.9 Å². The summed E-state index contributed by atoms with van der Waals surface area (Å²) in [6, 6.07) is 7.72. The molecule has 0 atom stereocenters. The Bertz CT molecular complexity index is 424. The van der Waals surface area contributed by atoms with Crippen LogP contribution >= 0.6 is 35.6 Å². The summed E-state index contributed by atoms with van der Waals surface area (Å²) in [5.74, 6) is 0.301. The molecule has 0 spiro atoms. The minimum absolute atomic E-state index is 0. The van der Waals surface area contributed by atoms with E-state index < -0.39 is 0 Å². The highest BCUT2D eigenvalue weighted by Crippen LogP contribution is 2.15. The predicted octanol–water partition coefficient (Wildman–Crippen LogP) is 2.93. The van der Waals surface area contributed by atoms with Gasteiger partial charge in [0.1, 0.15) is 0 Å². The van der Waals surface area contributed by atoms with E-state index in [9.17, 15) is 0 Å². The van der Waals surface area contributed by atoms with Crippen molar-refractivity contribution < 1.29 is 4.74 Å². The number of guanidine groups is 1. The molecule has 0 heterocycles. The van der Waals surface area contributed by atoms with Gasteiger partial charge < -0.3 is 15.8 Å². The number of nitrogens with zero attached hydrogens (tertiary/aromatic N) is 1. The molecule has 0 fully saturated rings. The molecular weight excluding hydrogens is 365 g/mol. The second-order valence-electron chi connectivity index (χ2n) is 3.43. The summed E-state index contributed by atoms with van der Waals surface area (Å²) in [6.07, 6.45) is 0. The van der Waals surface area contributed by atoms with Crippen LogP contribution < -0.4 is 11.1 Å². The number of halogens is 2. The van der Waals surface area contributed by atoms with Crippen LogP contribution in [0.4, 0.5) is 5.69 Å². The first-order valence-corrected chi connectivity index (χ1v) is 5.48. The molecule has 6 heteroatoms. The molecular formula is C12H17ClIN3O. The molecule has 0 saturated heterocycles. The van der Waals surface area contributed by atoms with Gasteiger partial charge in [-0.3, -0.25) is 0 Å². The third kappa shape index (κ3) is 6.23. The Morgan fingerprint density at radius 1 is 1.50 bits per heavy atom. The van der Waals surface area contributed by atoms with E-state index in [1.54, 1.807) is 7.11 Å².